The van der Waals surface area contributed by atoms with Crippen LogP contribution in [0.2, 0.25) is 0 Å². The minimum absolute atomic E-state index is 0.149. The number of methoxy groups -OCH3 is 1. The number of rotatable bonds is 4. The van der Waals surface area contributed by atoms with Crippen molar-refractivity contribution in [1.82, 2.24) is 9.88 Å². The van der Waals surface area contributed by atoms with Crippen LogP contribution in [0.25, 0.3) is 0 Å². The number of anilines is 1. The first kappa shape index (κ1) is 18.1. The number of carbonyl (C=O) groups is 1. The Morgan fingerprint density at radius 2 is 2.19 bits per heavy atom. The van der Waals surface area contributed by atoms with Gasteiger partial charge in [0.05, 0.1) is 25.5 Å². The van der Waals surface area contributed by atoms with E-state index in [0.717, 1.165) is 6.07 Å². The number of benzene rings is 1. The molecule has 138 valence electrons. The molecule has 7 nitrogen and oxygen atoms in total. The predicted molar refractivity (Wildman–Crippen MR) is 94.3 cm³/mol. The number of nitrogens with one attached hydrogen (secondary N) is 1. The van der Waals surface area contributed by atoms with Crippen LogP contribution in [0.3, 0.4) is 0 Å². The van der Waals surface area contributed by atoms with Crippen molar-refractivity contribution in [3.8, 4) is 11.6 Å². The largest absolute Gasteiger partial charge is 0.495 e. The molecule has 0 saturated heterocycles. The second-order valence-electron chi connectivity index (χ2n) is 5.86. The fourth-order valence-electron chi connectivity index (χ4n) is 2.61. The topological polar surface area (TPSA) is 80.8 Å². The van der Waals surface area contributed by atoms with Gasteiger partial charge >= 0.3 is 0 Å². The Hall–Kier alpha value is -2.68. The van der Waals surface area contributed by atoms with Crippen LogP contribution in [0.1, 0.15) is 17.3 Å². The Morgan fingerprint density at radius 3 is 2.92 bits per heavy atom. The molecule has 0 spiro atoms. The quantitative estimate of drug-likeness (QED) is 0.881. The summed E-state index contributed by atoms with van der Waals surface area (Å²) in [6, 6.07) is 5.26. The molecular formula is C17H18FN3O4S. The summed E-state index contributed by atoms with van der Waals surface area (Å²) >= 11 is 0. The number of likely N-dealkylation sites (N-methyl/N-ethyl adjacent to an activating group) is 1. The maximum atomic E-state index is 13.5. The summed E-state index contributed by atoms with van der Waals surface area (Å²) in [6.45, 7) is 2.28. The average molecular weight is 379 g/mol. The highest BCUT2D eigenvalue weighted by Crippen LogP contribution is 2.27. The van der Waals surface area contributed by atoms with Crippen molar-refractivity contribution in [3.05, 3.63) is 41.8 Å². The van der Waals surface area contributed by atoms with Gasteiger partial charge in [-0.05, 0) is 31.2 Å². The SMILES string of the molecule is COc1ccc(F)cc1S(=O)Nc1cnc2c(c1)C(=O)N(C)CC(C)O2. The Bertz CT molecular complexity index is 877. The molecule has 2 heterocycles. The molecule has 1 aliphatic heterocycles. The molecule has 0 bridgehead atoms. The van der Waals surface area contributed by atoms with E-state index in [-0.39, 0.29) is 34.1 Å². The number of nitrogens with zero attached hydrogens (tertiary/aromatic N) is 2. The molecule has 0 fully saturated rings. The third kappa shape index (κ3) is 3.62. The number of halogens is 1. The molecule has 26 heavy (non-hydrogen) atoms. The van der Waals surface area contributed by atoms with Gasteiger partial charge in [0.2, 0.25) is 5.88 Å². The van der Waals surface area contributed by atoms with Crippen molar-refractivity contribution < 1.29 is 22.9 Å². The Labute approximate surface area is 152 Å². The van der Waals surface area contributed by atoms with Gasteiger partial charge < -0.3 is 14.4 Å². The lowest BCUT2D eigenvalue weighted by Crippen LogP contribution is -2.32. The van der Waals surface area contributed by atoms with Crippen molar-refractivity contribution >= 4 is 22.6 Å². The van der Waals surface area contributed by atoms with E-state index in [4.69, 9.17) is 9.47 Å². The lowest BCUT2D eigenvalue weighted by atomic mass is 10.2. The smallest absolute Gasteiger partial charge is 0.259 e. The van der Waals surface area contributed by atoms with Gasteiger partial charge in [0.15, 0.2) is 11.0 Å². The zero-order chi connectivity index (χ0) is 18.8. The molecule has 2 atom stereocenters. The fraction of sp³-hybridized carbons (Fsp3) is 0.294. The summed E-state index contributed by atoms with van der Waals surface area (Å²) in [4.78, 5) is 18.3. The minimum atomic E-state index is -1.81. The van der Waals surface area contributed by atoms with Gasteiger partial charge in [-0.25, -0.2) is 13.6 Å². The van der Waals surface area contributed by atoms with Crippen molar-refractivity contribution in [3.63, 3.8) is 0 Å². The average Bonchev–Trinajstić information content (AvgIpc) is 2.71. The van der Waals surface area contributed by atoms with Gasteiger partial charge in [-0.1, -0.05) is 0 Å². The highest BCUT2D eigenvalue weighted by Gasteiger charge is 2.26. The van der Waals surface area contributed by atoms with Gasteiger partial charge in [-0.2, -0.15) is 0 Å². The monoisotopic (exact) mass is 379 g/mol. The summed E-state index contributed by atoms with van der Waals surface area (Å²) in [7, 11) is 1.27. The second kappa shape index (κ2) is 7.28. The maximum Gasteiger partial charge on any atom is 0.259 e. The van der Waals surface area contributed by atoms with E-state index in [1.807, 2.05) is 6.92 Å². The Balaban J connectivity index is 1.90. The number of hydrogen-bond acceptors (Lipinski definition) is 5. The fourth-order valence-corrected chi connectivity index (χ4v) is 3.60. The first-order valence-electron chi connectivity index (χ1n) is 7.83. The van der Waals surface area contributed by atoms with Crippen molar-refractivity contribution in [2.24, 2.45) is 0 Å². The number of fused-ring (bicyclic) bond motifs is 1. The maximum absolute atomic E-state index is 13.5. The molecule has 3 rings (SSSR count). The first-order chi connectivity index (χ1) is 12.4. The standard InChI is InChI=1S/C17H18FN3O4S/c1-10-9-21(2)17(22)13-7-12(8-19-16(13)25-10)20-26(23)15-6-11(18)4-5-14(15)24-3/h4-8,10,20H,9H2,1-3H3. The molecule has 1 amide bonds. The second-order valence-corrected chi connectivity index (χ2v) is 7.04. The summed E-state index contributed by atoms with van der Waals surface area (Å²) < 4.78 is 39.5. The van der Waals surface area contributed by atoms with Crippen LogP contribution in [-0.2, 0) is 11.0 Å². The van der Waals surface area contributed by atoms with E-state index in [9.17, 15) is 13.4 Å². The van der Waals surface area contributed by atoms with Gasteiger partial charge in [0, 0.05) is 7.05 Å². The third-order valence-corrected chi connectivity index (χ3v) is 4.95. The molecule has 9 heteroatoms. The van der Waals surface area contributed by atoms with Gasteiger partial charge in [-0.15, -0.1) is 0 Å². The third-order valence-electron chi connectivity index (χ3n) is 3.81. The highest BCUT2D eigenvalue weighted by molar-refractivity contribution is 7.86. The summed E-state index contributed by atoms with van der Waals surface area (Å²) in [5.74, 6) is -0.260. The molecule has 2 unspecified atom stereocenters. The number of hydrogen-bond donors (Lipinski definition) is 1. The van der Waals surface area contributed by atoms with Crippen LogP contribution in [0, 0.1) is 5.82 Å². The van der Waals surface area contributed by atoms with Crippen LogP contribution in [0.5, 0.6) is 11.6 Å². The summed E-state index contributed by atoms with van der Waals surface area (Å²) in [5, 5.41) is 0. The molecule has 2 aromatic rings. The van der Waals surface area contributed by atoms with E-state index in [0.29, 0.717) is 12.2 Å². The predicted octanol–water partition coefficient (Wildman–Crippen LogP) is 2.22. The van der Waals surface area contributed by atoms with E-state index in [2.05, 4.69) is 9.71 Å². The first-order valence-corrected chi connectivity index (χ1v) is 8.98. The molecule has 1 N–H and O–H groups in total. The van der Waals surface area contributed by atoms with E-state index in [1.54, 1.807) is 7.05 Å². The Kier molecular flexibility index (Phi) is 5.08. The number of aromatic nitrogens is 1. The molecule has 1 aromatic heterocycles. The van der Waals surface area contributed by atoms with E-state index < -0.39 is 16.8 Å². The number of ether oxygens (including phenoxy) is 2. The number of pyridine rings is 1. The summed E-state index contributed by atoms with van der Waals surface area (Å²) in [5.41, 5.74) is 0.610. The van der Waals surface area contributed by atoms with Crippen molar-refractivity contribution in [1.29, 1.82) is 0 Å². The Morgan fingerprint density at radius 1 is 1.42 bits per heavy atom. The molecule has 0 radical (unpaired) electrons. The molecular weight excluding hydrogens is 361 g/mol. The molecule has 1 aliphatic rings. The lowest BCUT2D eigenvalue weighted by Gasteiger charge is -2.15. The molecule has 0 saturated carbocycles. The molecule has 0 aliphatic carbocycles. The zero-order valence-corrected chi connectivity index (χ0v) is 15.3. The molecule has 1 aromatic carbocycles. The number of amides is 1. The van der Waals surface area contributed by atoms with E-state index in [1.165, 1.54) is 36.4 Å². The van der Waals surface area contributed by atoms with Crippen molar-refractivity contribution in [2.45, 2.75) is 17.9 Å². The van der Waals surface area contributed by atoms with E-state index >= 15 is 0 Å². The van der Waals surface area contributed by atoms with Crippen molar-refractivity contribution in [2.75, 3.05) is 25.4 Å². The highest BCUT2D eigenvalue weighted by atomic mass is 32.2. The summed E-state index contributed by atoms with van der Waals surface area (Å²) in [6.07, 6.45) is 1.22. The number of carbonyl (C=O) groups excluding carboxylic acids is 1. The van der Waals surface area contributed by atoms with Crippen LogP contribution in [0.15, 0.2) is 35.4 Å². The van der Waals surface area contributed by atoms with Gasteiger partial charge in [0.1, 0.15) is 28.1 Å². The van der Waals surface area contributed by atoms with Crippen LogP contribution in [0.4, 0.5) is 10.1 Å². The van der Waals surface area contributed by atoms with Gasteiger partial charge in [-0.3, -0.25) is 9.52 Å². The van der Waals surface area contributed by atoms with Crippen LogP contribution < -0.4 is 14.2 Å². The lowest BCUT2D eigenvalue weighted by molar-refractivity contribution is 0.0769. The normalized spacial score (nSPS) is 17.8. The van der Waals surface area contributed by atoms with Gasteiger partial charge in [0.25, 0.3) is 5.91 Å². The van der Waals surface area contributed by atoms with Crippen LogP contribution in [-0.4, -0.2) is 46.8 Å². The van der Waals surface area contributed by atoms with Crippen LogP contribution >= 0.6 is 0 Å². The zero-order valence-electron chi connectivity index (χ0n) is 14.5. The minimum Gasteiger partial charge on any atom is -0.495 e.